The molecule has 7 heteroatoms. The largest absolute Gasteiger partial charge is 0.383 e. The highest BCUT2D eigenvalue weighted by Gasteiger charge is 2.31. The second-order valence-corrected chi connectivity index (χ2v) is 7.87. The van der Waals surface area contributed by atoms with Gasteiger partial charge in [0.25, 0.3) is 0 Å². The minimum absolute atomic E-state index is 0.00598. The zero-order valence-corrected chi connectivity index (χ0v) is 11.9. The Morgan fingerprint density at radius 3 is 2.72 bits per heavy atom. The van der Waals surface area contributed by atoms with E-state index in [2.05, 4.69) is 4.98 Å². The Labute approximate surface area is 111 Å². The third kappa shape index (κ3) is 3.08. The van der Waals surface area contributed by atoms with Crippen LogP contribution in [0.2, 0.25) is 0 Å². The van der Waals surface area contributed by atoms with Crippen molar-refractivity contribution in [2.75, 3.05) is 5.75 Å². The molecule has 0 radical (unpaired) electrons. The summed E-state index contributed by atoms with van der Waals surface area (Å²) in [6.07, 6.45) is 2.74. The fraction of sp³-hybridized carbons (Fsp3) is 0.636. The summed E-state index contributed by atoms with van der Waals surface area (Å²) in [5.41, 5.74) is 6.35. The predicted octanol–water partition coefficient (Wildman–Crippen LogP) is 1.63. The SMILES string of the molecule is CCCS(=O)(=O)Cc1nc(C2CC2)c(C(=N)N)s1. The van der Waals surface area contributed by atoms with Crippen molar-refractivity contribution in [3.63, 3.8) is 0 Å². The molecule has 1 aliphatic carbocycles. The molecule has 0 atom stereocenters. The van der Waals surface area contributed by atoms with Crippen molar-refractivity contribution in [3.05, 3.63) is 15.6 Å². The second kappa shape index (κ2) is 4.97. The van der Waals surface area contributed by atoms with E-state index in [0.29, 0.717) is 22.2 Å². The fourth-order valence-electron chi connectivity index (χ4n) is 1.84. The molecule has 0 spiro atoms. The van der Waals surface area contributed by atoms with Crippen molar-refractivity contribution >= 4 is 27.0 Å². The first kappa shape index (κ1) is 13.5. The van der Waals surface area contributed by atoms with Gasteiger partial charge in [0.1, 0.15) is 16.6 Å². The number of amidine groups is 1. The molecule has 0 aromatic carbocycles. The van der Waals surface area contributed by atoms with Crippen molar-refractivity contribution in [2.45, 2.75) is 37.9 Å². The summed E-state index contributed by atoms with van der Waals surface area (Å²) in [6, 6.07) is 0. The summed E-state index contributed by atoms with van der Waals surface area (Å²) >= 11 is 1.25. The highest BCUT2D eigenvalue weighted by atomic mass is 32.2. The van der Waals surface area contributed by atoms with Crippen molar-refractivity contribution in [1.82, 2.24) is 4.98 Å². The Balaban J connectivity index is 2.24. The maximum absolute atomic E-state index is 11.8. The van der Waals surface area contributed by atoms with Gasteiger partial charge in [-0.3, -0.25) is 5.41 Å². The molecular formula is C11H17N3O2S2. The molecule has 1 aromatic rings. The van der Waals surface area contributed by atoms with E-state index in [1.165, 1.54) is 11.3 Å². The number of hydrogen-bond acceptors (Lipinski definition) is 5. The van der Waals surface area contributed by atoms with Crippen molar-refractivity contribution < 1.29 is 8.42 Å². The van der Waals surface area contributed by atoms with E-state index < -0.39 is 9.84 Å². The van der Waals surface area contributed by atoms with Gasteiger partial charge in [-0.1, -0.05) is 6.92 Å². The van der Waals surface area contributed by atoms with E-state index >= 15 is 0 Å². The lowest BCUT2D eigenvalue weighted by Gasteiger charge is -1.98. The average molecular weight is 287 g/mol. The molecule has 2 rings (SSSR count). The fourth-order valence-corrected chi connectivity index (χ4v) is 4.63. The third-order valence-corrected chi connectivity index (χ3v) is 5.80. The van der Waals surface area contributed by atoms with Crippen LogP contribution in [0, 0.1) is 5.41 Å². The predicted molar refractivity (Wildman–Crippen MR) is 72.9 cm³/mol. The van der Waals surface area contributed by atoms with Crippen LogP contribution >= 0.6 is 11.3 Å². The normalized spacial score (nSPS) is 15.8. The number of nitrogens with two attached hydrogens (primary N) is 1. The van der Waals surface area contributed by atoms with E-state index in [-0.39, 0.29) is 17.3 Å². The Hall–Kier alpha value is -0.950. The van der Waals surface area contributed by atoms with Crippen LogP contribution in [0.3, 0.4) is 0 Å². The van der Waals surface area contributed by atoms with E-state index in [0.717, 1.165) is 18.5 Å². The van der Waals surface area contributed by atoms with Crippen LogP contribution in [-0.4, -0.2) is 25.0 Å². The molecule has 1 fully saturated rings. The van der Waals surface area contributed by atoms with Crippen molar-refractivity contribution in [2.24, 2.45) is 5.73 Å². The first-order valence-corrected chi connectivity index (χ1v) is 8.61. The summed E-state index contributed by atoms with van der Waals surface area (Å²) in [4.78, 5) is 5.03. The zero-order chi connectivity index (χ0) is 13.3. The summed E-state index contributed by atoms with van der Waals surface area (Å²) < 4.78 is 23.5. The van der Waals surface area contributed by atoms with Gasteiger partial charge in [0, 0.05) is 5.92 Å². The summed E-state index contributed by atoms with van der Waals surface area (Å²) in [5, 5.41) is 8.09. The molecule has 1 saturated carbocycles. The van der Waals surface area contributed by atoms with Crippen LogP contribution < -0.4 is 5.73 Å². The highest BCUT2D eigenvalue weighted by molar-refractivity contribution is 7.90. The molecular weight excluding hydrogens is 270 g/mol. The van der Waals surface area contributed by atoms with Gasteiger partial charge in [0.05, 0.1) is 16.3 Å². The van der Waals surface area contributed by atoms with Gasteiger partial charge in [0.2, 0.25) is 0 Å². The quantitative estimate of drug-likeness (QED) is 0.614. The highest BCUT2D eigenvalue weighted by Crippen LogP contribution is 2.42. The maximum atomic E-state index is 11.8. The van der Waals surface area contributed by atoms with Crippen LogP contribution in [0.15, 0.2) is 0 Å². The van der Waals surface area contributed by atoms with Crippen LogP contribution in [0.4, 0.5) is 0 Å². The molecule has 0 amide bonds. The second-order valence-electron chi connectivity index (χ2n) is 4.60. The molecule has 1 aliphatic rings. The van der Waals surface area contributed by atoms with Crippen LogP contribution in [0.1, 0.15) is 47.7 Å². The lowest BCUT2D eigenvalue weighted by Crippen LogP contribution is -2.11. The Morgan fingerprint density at radius 2 is 2.22 bits per heavy atom. The van der Waals surface area contributed by atoms with Gasteiger partial charge in [-0.15, -0.1) is 11.3 Å². The summed E-state index contributed by atoms with van der Waals surface area (Å²) in [7, 11) is -3.08. The molecule has 5 nitrogen and oxygen atoms in total. The smallest absolute Gasteiger partial charge is 0.156 e. The third-order valence-electron chi connectivity index (χ3n) is 2.76. The summed E-state index contributed by atoms with van der Waals surface area (Å²) in [6.45, 7) is 1.84. The lowest BCUT2D eigenvalue weighted by molar-refractivity contribution is 0.593. The number of aromatic nitrogens is 1. The number of thiazole rings is 1. The van der Waals surface area contributed by atoms with Gasteiger partial charge in [-0.2, -0.15) is 0 Å². The number of rotatable bonds is 6. The molecule has 100 valence electrons. The molecule has 0 saturated heterocycles. The Morgan fingerprint density at radius 1 is 1.56 bits per heavy atom. The zero-order valence-electron chi connectivity index (χ0n) is 10.3. The summed E-state index contributed by atoms with van der Waals surface area (Å²) in [5.74, 6) is 0.524. The molecule has 0 unspecified atom stereocenters. The Kier molecular flexibility index (Phi) is 3.72. The number of hydrogen-bond donors (Lipinski definition) is 2. The lowest BCUT2D eigenvalue weighted by atomic mass is 10.2. The van der Waals surface area contributed by atoms with Crippen LogP contribution in [0.25, 0.3) is 0 Å². The number of sulfone groups is 1. The van der Waals surface area contributed by atoms with Gasteiger partial charge in [-0.25, -0.2) is 13.4 Å². The molecule has 1 heterocycles. The first-order valence-electron chi connectivity index (χ1n) is 5.97. The molecule has 3 N–H and O–H groups in total. The van der Waals surface area contributed by atoms with Gasteiger partial charge >= 0.3 is 0 Å². The number of nitrogens with zero attached hydrogens (tertiary/aromatic N) is 1. The van der Waals surface area contributed by atoms with Crippen LogP contribution in [0.5, 0.6) is 0 Å². The average Bonchev–Trinajstić information content (AvgIpc) is 3.00. The first-order chi connectivity index (χ1) is 8.43. The van der Waals surface area contributed by atoms with Crippen LogP contribution in [-0.2, 0) is 15.6 Å². The molecule has 0 bridgehead atoms. The van der Waals surface area contributed by atoms with Gasteiger partial charge in [-0.05, 0) is 19.3 Å². The van der Waals surface area contributed by atoms with E-state index in [9.17, 15) is 8.42 Å². The molecule has 18 heavy (non-hydrogen) atoms. The van der Waals surface area contributed by atoms with E-state index in [1.54, 1.807) is 0 Å². The minimum atomic E-state index is -3.08. The van der Waals surface area contributed by atoms with Crippen molar-refractivity contribution in [3.8, 4) is 0 Å². The maximum Gasteiger partial charge on any atom is 0.156 e. The van der Waals surface area contributed by atoms with Gasteiger partial charge in [0.15, 0.2) is 9.84 Å². The van der Waals surface area contributed by atoms with Crippen molar-refractivity contribution in [1.29, 1.82) is 5.41 Å². The Bertz CT molecular complexity index is 559. The number of nitrogen functional groups attached to an aromatic ring is 1. The molecule has 1 aromatic heterocycles. The van der Waals surface area contributed by atoms with E-state index in [1.807, 2.05) is 6.92 Å². The van der Waals surface area contributed by atoms with Gasteiger partial charge < -0.3 is 5.73 Å². The number of nitrogens with one attached hydrogen (secondary N) is 1. The van der Waals surface area contributed by atoms with E-state index in [4.69, 9.17) is 11.1 Å². The standard InChI is InChI=1S/C11H17N3O2S2/c1-2-5-18(15,16)6-8-14-9(7-3-4-7)10(17-8)11(12)13/h7H,2-6H2,1H3,(H3,12,13). The minimum Gasteiger partial charge on any atom is -0.383 e. The topological polar surface area (TPSA) is 96.9 Å². The molecule has 0 aliphatic heterocycles. The monoisotopic (exact) mass is 287 g/mol.